The van der Waals surface area contributed by atoms with Crippen molar-refractivity contribution in [2.45, 2.75) is 51.7 Å². The van der Waals surface area contributed by atoms with E-state index in [1.165, 1.54) is 19.3 Å². The molecule has 0 bridgehead atoms. The molecule has 0 spiro atoms. The van der Waals surface area contributed by atoms with Crippen LogP contribution in [0.5, 0.6) is 0 Å². The van der Waals surface area contributed by atoms with Crippen molar-refractivity contribution >= 4 is 0 Å². The van der Waals surface area contributed by atoms with Crippen molar-refractivity contribution in [3.05, 3.63) is 0 Å². The Labute approximate surface area is 93.9 Å². The first-order valence-electron chi connectivity index (χ1n) is 6.40. The van der Waals surface area contributed by atoms with Crippen LogP contribution in [-0.4, -0.2) is 48.3 Å². The Morgan fingerprint density at radius 3 is 2.60 bits per heavy atom. The zero-order chi connectivity index (χ0) is 11.1. The average Bonchev–Trinajstić information content (AvgIpc) is 3.01. The van der Waals surface area contributed by atoms with Crippen molar-refractivity contribution in [2.75, 3.05) is 26.2 Å². The first-order valence-corrected chi connectivity index (χ1v) is 6.40. The quantitative estimate of drug-likeness (QED) is 0.567. The highest BCUT2D eigenvalue weighted by molar-refractivity contribution is 4.85. The van der Waals surface area contributed by atoms with Gasteiger partial charge < -0.3 is 10.4 Å². The van der Waals surface area contributed by atoms with E-state index in [1.54, 1.807) is 0 Å². The minimum absolute atomic E-state index is 0.205. The van der Waals surface area contributed by atoms with Crippen LogP contribution >= 0.6 is 0 Å². The summed E-state index contributed by atoms with van der Waals surface area (Å²) >= 11 is 0. The van der Waals surface area contributed by atoms with E-state index in [9.17, 15) is 5.11 Å². The topological polar surface area (TPSA) is 35.5 Å². The zero-order valence-corrected chi connectivity index (χ0v) is 10.2. The lowest BCUT2D eigenvalue weighted by Gasteiger charge is -2.24. The van der Waals surface area contributed by atoms with Gasteiger partial charge in [0.15, 0.2) is 0 Å². The number of hydrogen-bond donors (Lipinski definition) is 2. The molecule has 0 saturated heterocycles. The van der Waals surface area contributed by atoms with Gasteiger partial charge in [-0.2, -0.15) is 0 Å². The first-order chi connectivity index (χ1) is 7.27. The molecule has 0 aliphatic heterocycles. The van der Waals surface area contributed by atoms with E-state index in [1.807, 2.05) is 0 Å². The molecule has 1 fully saturated rings. The molecule has 1 saturated carbocycles. The molecule has 1 aliphatic rings. The third-order valence-corrected chi connectivity index (χ3v) is 2.83. The molecule has 3 heteroatoms. The SMILES string of the molecule is CCCNCC(O)CN(CCC)C1CC1. The van der Waals surface area contributed by atoms with Crippen molar-refractivity contribution in [2.24, 2.45) is 0 Å². The maximum atomic E-state index is 9.85. The minimum atomic E-state index is -0.205. The van der Waals surface area contributed by atoms with Crippen molar-refractivity contribution < 1.29 is 5.11 Å². The van der Waals surface area contributed by atoms with Gasteiger partial charge in [-0.15, -0.1) is 0 Å². The van der Waals surface area contributed by atoms with Crippen LogP contribution in [0.15, 0.2) is 0 Å². The van der Waals surface area contributed by atoms with Gasteiger partial charge in [0.1, 0.15) is 0 Å². The predicted octanol–water partition coefficient (Wildman–Crippen LogP) is 1.22. The first kappa shape index (κ1) is 12.9. The summed E-state index contributed by atoms with van der Waals surface area (Å²) < 4.78 is 0. The lowest BCUT2D eigenvalue weighted by atomic mass is 10.3. The Hall–Kier alpha value is -0.120. The summed E-state index contributed by atoms with van der Waals surface area (Å²) in [4.78, 5) is 2.44. The van der Waals surface area contributed by atoms with E-state index in [4.69, 9.17) is 0 Å². The summed E-state index contributed by atoms with van der Waals surface area (Å²) in [5, 5.41) is 13.1. The molecule has 1 rings (SSSR count). The molecule has 1 aliphatic carbocycles. The van der Waals surface area contributed by atoms with E-state index >= 15 is 0 Å². The highest BCUT2D eigenvalue weighted by atomic mass is 16.3. The third kappa shape index (κ3) is 5.50. The molecule has 2 N–H and O–H groups in total. The van der Waals surface area contributed by atoms with Crippen LogP contribution in [-0.2, 0) is 0 Å². The smallest absolute Gasteiger partial charge is 0.0791 e. The van der Waals surface area contributed by atoms with Crippen LogP contribution in [0.25, 0.3) is 0 Å². The lowest BCUT2D eigenvalue weighted by molar-refractivity contribution is 0.107. The fourth-order valence-electron chi connectivity index (χ4n) is 1.93. The summed E-state index contributed by atoms with van der Waals surface area (Å²) in [5.74, 6) is 0. The Balaban J connectivity index is 2.12. The highest BCUT2D eigenvalue weighted by Gasteiger charge is 2.29. The second-order valence-corrected chi connectivity index (χ2v) is 4.58. The molecule has 3 nitrogen and oxygen atoms in total. The van der Waals surface area contributed by atoms with E-state index < -0.39 is 0 Å². The summed E-state index contributed by atoms with van der Waals surface area (Å²) in [7, 11) is 0. The van der Waals surface area contributed by atoms with Gasteiger partial charge >= 0.3 is 0 Å². The fraction of sp³-hybridized carbons (Fsp3) is 1.00. The lowest BCUT2D eigenvalue weighted by Crippen LogP contribution is -2.40. The fourth-order valence-corrected chi connectivity index (χ4v) is 1.93. The third-order valence-electron chi connectivity index (χ3n) is 2.83. The highest BCUT2D eigenvalue weighted by Crippen LogP contribution is 2.26. The normalized spacial score (nSPS) is 18.4. The Bertz CT molecular complexity index is 160. The van der Waals surface area contributed by atoms with Crippen LogP contribution in [0.2, 0.25) is 0 Å². The number of nitrogens with one attached hydrogen (secondary N) is 1. The Morgan fingerprint density at radius 2 is 2.07 bits per heavy atom. The van der Waals surface area contributed by atoms with Gasteiger partial charge in [0, 0.05) is 19.1 Å². The van der Waals surface area contributed by atoms with E-state index in [0.29, 0.717) is 0 Å². The zero-order valence-electron chi connectivity index (χ0n) is 10.2. The van der Waals surface area contributed by atoms with E-state index in [2.05, 4.69) is 24.1 Å². The summed E-state index contributed by atoms with van der Waals surface area (Å²) in [6.07, 6.45) is 4.77. The molecule has 1 atom stereocenters. The molecule has 0 aromatic carbocycles. The Morgan fingerprint density at radius 1 is 1.33 bits per heavy atom. The molecular formula is C12H26N2O. The number of aliphatic hydroxyl groups excluding tert-OH is 1. The number of hydrogen-bond acceptors (Lipinski definition) is 3. The van der Waals surface area contributed by atoms with Crippen molar-refractivity contribution in [3.8, 4) is 0 Å². The molecule has 0 amide bonds. The number of aliphatic hydroxyl groups is 1. The molecule has 0 aromatic rings. The predicted molar refractivity (Wildman–Crippen MR) is 64.1 cm³/mol. The van der Waals surface area contributed by atoms with Crippen LogP contribution in [0.4, 0.5) is 0 Å². The Kier molecular flexibility index (Phi) is 6.22. The summed E-state index contributed by atoms with van der Waals surface area (Å²) in [6.45, 7) is 8.07. The van der Waals surface area contributed by atoms with Gasteiger partial charge in [0.25, 0.3) is 0 Å². The molecule has 0 radical (unpaired) electrons. The molecule has 0 heterocycles. The van der Waals surface area contributed by atoms with E-state index in [0.717, 1.165) is 38.6 Å². The van der Waals surface area contributed by atoms with Gasteiger partial charge in [0.2, 0.25) is 0 Å². The van der Waals surface area contributed by atoms with Crippen molar-refractivity contribution in [3.63, 3.8) is 0 Å². The average molecular weight is 214 g/mol. The van der Waals surface area contributed by atoms with Gasteiger partial charge in [-0.1, -0.05) is 13.8 Å². The van der Waals surface area contributed by atoms with Gasteiger partial charge in [-0.3, -0.25) is 4.90 Å². The van der Waals surface area contributed by atoms with Crippen molar-refractivity contribution in [1.82, 2.24) is 10.2 Å². The van der Waals surface area contributed by atoms with Crippen LogP contribution in [0, 0.1) is 0 Å². The van der Waals surface area contributed by atoms with Crippen LogP contribution in [0.1, 0.15) is 39.5 Å². The monoisotopic (exact) mass is 214 g/mol. The van der Waals surface area contributed by atoms with Crippen LogP contribution < -0.4 is 5.32 Å². The largest absolute Gasteiger partial charge is 0.390 e. The van der Waals surface area contributed by atoms with E-state index in [-0.39, 0.29) is 6.10 Å². The number of nitrogens with zero attached hydrogens (tertiary/aromatic N) is 1. The maximum absolute atomic E-state index is 9.85. The van der Waals surface area contributed by atoms with Gasteiger partial charge in [0.05, 0.1) is 6.10 Å². The van der Waals surface area contributed by atoms with Crippen LogP contribution in [0.3, 0.4) is 0 Å². The standard InChI is InChI=1S/C12H26N2O/c1-3-7-13-9-12(15)10-14(8-4-2)11-5-6-11/h11-13,15H,3-10H2,1-2H3. The molecule has 15 heavy (non-hydrogen) atoms. The van der Waals surface area contributed by atoms with Crippen molar-refractivity contribution in [1.29, 1.82) is 0 Å². The summed E-state index contributed by atoms with van der Waals surface area (Å²) in [5.41, 5.74) is 0. The second kappa shape index (κ2) is 7.20. The maximum Gasteiger partial charge on any atom is 0.0791 e. The number of rotatable bonds is 9. The molecular weight excluding hydrogens is 188 g/mol. The minimum Gasteiger partial charge on any atom is -0.390 e. The van der Waals surface area contributed by atoms with Gasteiger partial charge in [-0.25, -0.2) is 0 Å². The van der Waals surface area contributed by atoms with Gasteiger partial charge in [-0.05, 0) is 38.8 Å². The summed E-state index contributed by atoms with van der Waals surface area (Å²) in [6, 6.07) is 0.769. The molecule has 0 aromatic heterocycles. The molecule has 90 valence electrons. The molecule has 1 unspecified atom stereocenters. The second-order valence-electron chi connectivity index (χ2n) is 4.58.